The van der Waals surface area contributed by atoms with Crippen molar-refractivity contribution in [1.29, 1.82) is 0 Å². The van der Waals surface area contributed by atoms with Gasteiger partial charge in [0.1, 0.15) is 5.69 Å². The second-order valence-corrected chi connectivity index (χ2v) is 5.05. The molecule has 4 nitrogen and oxygen atoms in total. The van der Waals surface area contributed by atoms with Gasteiger partial charge in [-0.2, -0.15) is 0 Å². The lowest BCUT2D eigenvalue weighted by atomic mass is 9.95. The summed E-state index contributed by atoms with van der Waals surface area (Å²) >= 11 is 0. The van der Waals surface area contributed by atoms with E-state index in [4.69, 9.17) is 4.74 Å². The summed E-state index contributed by atoms with van der Waals surface area (Å²) in [6, 6.07) is 6.37. The second-order valence-electron chi connectivity index (χ2n) is 5.05. The Balaban J connectivity index is 1.73. The van der Waals surface area contributed by atoms with Gasteiger partial charge >= 0.3 is 0 Å². The molecule has 4 heteroatoms. The molecular formula is C14H15N3O. The van der Waals surface area contributed by atoms with Crippen LogP contribution in [0.4, 0.5) is 0 Å². The molecule has 2 saturated heterocycles. The number of nitrogens with zero attached hydrogens (tertiary/aromatic N) is 3. The number of pyridine rings is 1. The van der Waals surface area contributed by atoms with Crippen LogP contribution >= 0.6 is 0 Å². The van der Waals surface area contributed by atoms with Gasteiger partial charge in [-0.1, -0.05) is 6.07 Å². The number of hydrogen-bond donors (Lipinski definition) is 0. The minimum atomic E-state index is 0.367. The molecule has 4 heterocycles. The van der Waals surface area contributed by atoms with Gasteiger partial charge in [-0.3, -0.25) is 4.98 Å². The van der Waals surface area contributed by atoms with Crippen molar-refractivity contribution in [1.82, 2.24) is 14.5 Å². The Bertz CT molecular complexity index is 551. The minimum absolute atomic E-state index is 0.367. The minimum Gasteiger partial charge on any atom is -0.373 e. The average Bonchev–Trinajstić information content (AvgIpc) is 3.15. The molecule has 0 radical (unpaired) electrons. The lowest BCUT2D eigenvalue weighted by Gasteiger charge is -2.21. The zero-order valence-electron chi connectivity index (χ0n) is 10.1. The van der Waals surface area contributed by atoms with Crippen molar-refractivity contribution in [3.63, 3.8) is 0 Å². The Labute approximate surface area is 106 Å². The summed E-state index contributed by atoms with van der Waals surface area (Å²) in [6.07, 6.45) is 10.1. The van der Waals surface area contributed by atoms with Crippen LogP contribution in [0.2, 0.25) is 0 Å². The molecule has 2 aliphatic rings. The van der Waals surface area contributed by atoms with Gasteiger partial charge in [-0.05, 0) is 31.4 Å². The number of imidazole rings is 1. The van der Waals surface area contributed by atoms with Crippen LogP contribution in [0.3, 0.4) is 0 Å². The summed E-state index contributed by atoms with van der Waals surface area (Å²) in [6.45, 7) is 0. The van der Waals surface area contributed by atoms with Crippen LogP contribution in [0, 0.1) is 0 Å². The van der Waals surface area contributed by atoms with Gasteiger partial charge in [-0.25, -0.2) is 4.98 Å². The first kappa shape index (κ1) is 10.3. The summed E-state index contributed by atoms with van der Waals surface area (Å²) in [5, 5.41) is 0. The molecule has 0 spiro atoms. The summed E-state index contributed by atoms with van der Waals surface area (Å²) in [5.74, 6) is 0.955. The van der Waals surface area contributed by atoms with Crippen molar-refractivity contribution in [2.75, 3.05) is 0 Å². The predicted octanol–water partition coefficient (Wildman–Crippen LogP) is 2.44. The van der Waals surface area contributed by atoms with Gasteiger partial charge in [-0.15, -0.1) is 0 Å². The summed E-state index contributed by atoms with van der Waals surface area (Å²) in [4.78, 5) is 8.85. The average molecular weight is 241 g/mol. The molecule has 2 aromatic rings. The lowest BCUT2D eigenvalue weighted by Crippen LogP contribution is -2.21. The third-order valence-electron chi connectivity index (χ3n) is 3.99. The highest BCUT2D eigenvalue weighted by Crippen LogP contribution is 2.42. The maximum absolute atomic E-state index is 5.93. The third kappa shape index (κ3) is 1.49. The highest BCUT2D eigenvalue weighted by molar-refractivity contribution is 5.49. The van der Waals surface area contributed by atoms with E-state index in [9.17, 15) is 0 Å². The molecule has 3 atom stereocenters. The molecule has 0 unspecified atom stereocenters. The van der Waals surface area contributed by atoms with Gasteiger partial charge < -0.3 is 9.30 Å². The molecule has 0 aliphatic carbocycles. The van der Waals surface area contributed by atoms with Crippen LogP contribution in [-0.4, -0.2) is 26.7 Å². The Kier molecular flexibility index (Phi) is 2.23. The molecule has 2 bridgehead atoms. The number of aromatic nitrogens is 3. The van der Waals surface area contributed by atoms with E-state index < -0.39 is 0 Å². The van der Waals surface area contributed by atoms with Gasteiger partial charge in [0.25, 0.3) is 0 Å². The van der Waals surface area contributed by atoms with Gasteiger partial charge in [0.05, 0.1) is 18.2 Å². The fraction of sp³-hybridized carbons (Fsp3) is 0.429. The van der Waals surface area contributed by atoms with E-state index in [1.807, 2.05) is 30.6 Å². The Hall–Kier alpha value is -1.68. The van der Waals surface area contributed by atoms with Crippen molar-refractivity contribution in [2.24, 2.45) is 0 Å². The normalized spacial score (nSPS) is 29.9. The quantitative estimate of drug-likeness (QED) is 0.810. The number of ether oxygens (including phenoxy) is 1. The van der Waals surface area contributed by atoms with Crippen molar-refractivity contribution in [2.45, 2.75) is 37.5 Å². The molecule has 18 heavy (non-hydrogen) atoms. The standard InChI is InChI=1S/C14H15N3O/c1-2-6-15-11(3-1)14-16-7-8-17(14)12-9-10-4-5-13(12)18-10/h1-3,6-8,10,12-13H,4-5,9H2/t10-,12+,13+/m0/s1. The molecule has 2 aliphatic heterocycles. The highest BCUT2D eigenvalue weighted by Gasteiger charge is 2.42. The van der Waals surface area contributed by atoms with E-state index in [1.54, 1.807) is 0 Å². The monoisotopic (exact) mass is 241 g/mol. The highest BCUT2D eigenvalue weighted by atomic mass is 16.5. The molecule has 2 aromatic heterocycles. The first-order chi connectivity index (χ1) is 8.92. The molecular weight excluding hydrogens is 226 g/mol. The predicted molar refractivity (Wildman–Crippen MR) is 67.0 cm³/mol. The number of rotatable bonds is 2. The first-order valence-corrected chi connectivity index (χ1v) is 6.51. The van der Waals surface area contributed by atoms with E-state index >= 15 is 0 Å². The zero-order valence-corrected chi connectivity index (χ0v) is 10.1. The van der Waals surface area contributed by atoms with Crippen LogP contribution in [0.5, 0.6) is 0 Å². The van der Waals surface area contributed by atoms with Crippen molar-refractivity contribution in [3.05, 3.63) is 36.8 Å². The van der Waals surface area contributed by atoms with E-state index in [0.29, 0.717) is 18.2 Å². The van der Waals surface area contributed by atoms with E-state index in [1.165, 1.54) is 12.8 Å². The Morgan fingerprint density at radius 2 is 2.17 bits per heavy atom. The lowest BCUT2D eigenvalue weighted by molar-refractivity contribution is 0.0940. The van der Waals surface area contributed by atoms with Crippen LogP contribution in [-0.2, 0) is 4.74 Å². The van der Waals surface area contributed by atoms with Crippen LogP contribution < -0.4 is 0 Å². The second kappa shape index (κ2) is 3.92. The number of fused-ring (bicyclic) bond motifs is 2. The molecule has 0 saturated carbocycles. The number of hydrogen-bond acceptors (Lipinski definition) is 3. The topological polar surface area (TPSA) is 39.9 Å². The van der Waals surface area contributed by atoms with Crippen molar-refractivity contribution in [3.8, 4) is 11.5 Å². The molecule has 2 fully saturated rings. The van der Waals surface area contributed by atoms with Gasteiger partial charge in [0.15, 0.2) is 5.82 Å². The maximum atomic E-state index is 5.93. The fourth-order valence-electron chi connectivity index (χ4n) is 3.18. The van der Waals surface area contributed by atoms with Crippen LogP contribution in [0.25, 0.3) is 11.5 Å². The summed E-state index contributed by atoms with van der Waals surface area (Å²) in [5.41, 5.74) is 0.935. The summed E-state index contributed by atoms with van der Waals surface area (Å²) in [7, 11) is 0. The van der Waals surface area contributed by atoms with Gasteiger partial charge in [0.2, 0.25) is 0 Å². The molecule has 0 N–H and O–H groups in total. The van der Waals surface area contributed by atoms with E-state index in [0.717, 1.165) is 17.9 Å². The van der Waals surface area contributed by atoms with E-state index in [-0.39, 0.29) is 0 Å². The smallest absolute Gasteiger partial charge is 0.158 e. The Morgan fingerprint density at radius 1 is 1.17 bits per heavy atom. The van der Waals surface area contributed by atoms with Crippen molar-refractivity contribution >= 4 is 0 Å². The van der Waals surface area contributed by atoms with Crippen molar-refractivity contribution < 1.29 is 4.74 Å². The molecule has 92 valence electrons. The largest absolute Gasteiger partial charge is 0.373 e. The van der Waals surface area contributed by atoms with Crippen LogP contribution in [0.1, 0.15) is 25.3 Å². The summed E-state index contributed by atoms with van der Waals surface area (Å²) < 4.78 is 8.17. The maximum Gasteiger partial charge on any atom is 0.158 e. The first-order valence-electron chi connectivity index (χ1n) is 6.51. The Morgan fingerprint density at radius 3 is 2.89 bits per heavy atom. The van der Waals surface area contributed by atoms with Gasteiger partial charge in [0, 0.05) is 18.6 Å². The molecule has 4 rings (SSSR count). The fourth-order valence-corrected chi connectivity index (χ4v) is 3.18. The SMILES string of the molecule is c1ccc(-c2nccn2[C@@H]2C[C@@H]3CC[C@H]2O3)nc1. The molecule has 0 aromatic carbocycles. The van der Waals surface area contributed by atoms with E-state index in [2.05, 4.69) is 20.7 Å². The van der Waals surface area contributed by atoms with Crippen LogP contribution in [0.15, 0.2) is 36.8 Å². The zero-order chi connectivity index (χ0) is 11.9. The molecule has 0 amide bonds. The third-order valence-corrected chi connectivity index (χ3v) is 3.99.